The molecule has 1 aromatic heterocycles. The summed E-state index contributed by atoms with van der Waals surface area (Å²) in [6, 6.07) is 11.0. The van der Waals surface area contributed by atoms with Crippen LogP contribution in [0.1, 0.15) is 33.4 Å². The molecular weight excluding hydrogens is 432 g/mol. The summed E-state index contributed by atoms with van der Waals surface area (Å²) in [6.07, 6.45) is 1.97. The highest BCUT2D eigenvalue weighted by atomic mass is 79.9. The van der Waals surface area contributed by atoms with Gasteiger partial charge in [-0.3, -0.25) is 4.79 Å². The maximum absolute atomic E-state index is 13.1. The van der Waals surface area contributed by atoms with Gasteiger partial charge in [0.25, 0.3) is 0 Å². The molecule has 0 bridgehead atoms. The molecule has 0 unspecified atom stereocenters. The van der Waals surface area contributed by atoms with E-state index in [1.807, 2.05) is 73.0 Å². The van der Waals surface area contributed by atoms with Gasteiger partial charge in [0.05, 0.1) is 12.2 Å². The third-order valence-electron chi connectivity index (χ3n) is 4.65. The van der Waals surface area contributed by atoms with Crippen molar-refractivity contribution in [2.24, 2.45) is 13.0 Å². The highest BCUT2D eigenvalue weighted by Crippen LogP contribution is 2.22. The van der Waals surface area contributed by atoms with Crippen LogP contribution in [0.4, 0.5) is 10.5 Å². The molecule has 0 aliphatic carbocycles. The largest absolute Gasteiger partial charge is 0.353 e. The van der Waals surface area contributed by atoms with Gasteiger partial charge in [0, 0.05) is 36.0 Å². The van der Waals surface area contributed by atoms with Gasteiger partial charge in [-0.15, -0.1) is 0 Å². The van der Waals surface area contributed by atoms with Gasteiger partial charge in [0.1, 0.15) is 6.54 Å². The normalized spacial score (nSPS) is 11.0. The first kappa shape index (κ1) is 23.0. The number of para-hydroxylation sites is 1. The van der Waals surface area contributed by atoms with Crippen LogP contribution in [-0.2, 0) is 18.4 Å². The average Bonchev–Trinajstić information content (AvgIpc) is 3.04. The zero-order valence-electron chi connectivity index (χ0n) is 17.9. The van der Waals surface area contributed by atoms with E-state index in [0.717, 1.165) is 10.2 Å². The molecule has 158 valence electrons. The number of benzene rings is 1. The summed E-state index contributed by atoms with van der Waals surface area (Å²) in [5.74, 6) is 0.275. The summed E-state index contributed by atoms with van der Waals surface area (Å²) in [5, 5.41) is 2.90. The van der Waals surface area contributed by atoms with Gasteiger partial charge in [-0.2, -0.15) is 0 Å². The predicted molar refractivity (Wildman–Crippen MR) is 121 cm³/mol. The zero-order chi connectivity index (χ0) is 21.6. The van der Waals surface area contributed by atoms with Crippen LogP contribution in [0, 0.1) is 5.92 Å². The summed E-state index contributed by atoms with van der Waals surface area (Å²) >= 11 is 3.44. The number of aryl methyl sites for hydroxylation is 1. The van der Waals surface area contributed by atoms with Gasteiger partial charge in [-0.1, -0.05) is 26.0 Å². The molecule has 3 amide bonds. The van der Waals surface area contributed by atoms with Gasteiger partial charge in [0.15, 0.2) is 0 Å². The van der Waals surface area contributed by atoms with Crippen molar-refractivity contribution < 1.29 is 9.59 Å². The number of nitrogens with one attached hydrogen (secondary N) is 1. The number of amides is 3. The van der Waals surface area contributed by atoms with Crippen LogP contribution in [-0.4, -0.2) is 45.4 Å². The van der Waals surface area contributed by atoms with Crippen molar-refractivity contribution in [3.8, 4) is 0 Å². The molecule has 0 atom stereocenters. The summed E-state index contributed by atoms with van der Waals surface area (Å²) in [5.41, 5.74) is 1.74. The number of anilines is 1. The molecule has 0 aliphatic heterocycles. The Morgan fingerprint density at radius 3 is 2.34 bits per heavy atom. The molecular formula is C22H31BrN4O2. The fourth-order valence-corrected chi connectivity index (χ4v) is 3.42. The van der Waals surface area contributed by atoms with Crippen molar-refractivity contribution in [3.63, 3.8) is 0 Å². The first-order chi connectivity index (χ1) is 13.7. The Morgan fingerprint density at radius 1 is 1.10 bits per heavy atom. The molecule has 2 aromatic rings. The molecule has 0 aliphatic rings. The summed E-state index contributed by atoms with van der Waals surface area (Å²) in [6.45, 7) is 9.20. The molecule has 0 radical (unpaired) electrons. The zero-order valence-corrected chi connectivity index (χ0v) is 19.4. The highest BCUT2D eigenvalue weighted by molar-refractivity contribution is 9.10. The fraction of sp³-hybridized carbons (Fsp3) is 0.455. The smallest absolute Gasteiger partial charge is 0.322 e. The minimum Gasteiger partial charge on any atom is -0.353 e. The second kappa shape index (κ2) is 10.5. The van der Waals surface area contributed by atoms with Crippen molar-refractivity contribution in [1.29, 1.82) is 0 Å². The first-order valence-electron chi connectivity index (χ1n) is 9.89. The summed E-state index contributed by atoms with van der Waals surface area (Å²) in [7, 11) is 1.97. The third kappa shape index (κ3) is 6.63. The molecule has 29 heavy (non-hydrogen) atoms. The Balaban J connectivity index is 2.13. The van der Waals surface area contributed by atoms with E-state index in [2.05, 4.69) is 35.1 Å². The lowest BCUT2D eigenvalue weighted by Gasteiger charge is -2.31. The van der Waals surface area contributed by atoms with Crippen LogP contribution in [0.15, 0.2) is 47.1 Å². The van der Waals surface area contributed by atoms with E-state index in [9.17, 15) is 9.59 Å². The molecule has 1 heterocycles. The fourth-order valence-electron chi connectivity index (χ4n) is 3.04. The topological polar surface area (TPSA) is 57.6 Å². The summed E-state index contributed by atoms with van der Waals surface area (Å²) in [4.78, 5) is 29.4. The number of carbonyl (C=O) groups excluding carboxylic acids is 2. The van der Waals surface area contributed by atoms with Gasteiger partial charge >= 0.3 is 6.03 Å². The number of hydrogen-bond acceptors (Lipinski definition) is 2. The lowest BCUT2D eigenvalue weighted by Crippen LogP contribution is -2.48. The van der Waals surface area contributed by atoms with Gasteiger partial charge in [-0.05, 0) is 60.0 Å². The number of urea groups is 1. The molecule has 0 spiro atoms. The minimum atomic E-state index is -0.288. The molecule has 0 saturated carbocycles. The minimum absolute atomic E-state index is 0.0328. The Kier molecular flexibility index (Phi) is 8.32. The maximum Gasteiger partial charge on any atom is 0.322 e. The third-order valence-corrected chi connectivity index (χ3v) is 5.34. The predicted octanol–water partition coefficient (Wildman–Crippen LogP) is 4.71. The van der Waals surface area contributed by atoms with Crippen molar-refractivity contribution in [3.05, 3.63) is 52.8 Å². The molecule has 0 fully saturated rings. The second-order valence-corrected chi connectivity index (χ2v) is 8.76. The van der Waals surface area contributed by atoms with Crippen molar-refractivity contribution in [2.75, 3.05) is 18.4 Å². The van der Waals surface area contributed by atoms with Crippen LogP contribution in [0.5, 0.6) is 0 Å². The van der Waals surface area contributed by atoms with Crippen molar-refractivity contribution in [1.82, 2.24) is 14.4 Å². The maximum atomic E-state index is 13.1. The van der Waals surface area contributed by atoms with E-state index in [-0.39, 0.29) is 24.5 Å². The molecule has 1 aromatic carbocycles. The SMILES string of the molecule is CC(C)CN(Cc1cccn1C)C(=O)CN(C(=O)Nc1ccccc1Br)C(C)C. The van der Waals surface area contributed by atoms with Gasteiger partial charge in [0.2, 0.25) is 5.91 Å². The van der Waals surface area contributed by atoms with Gasteiger partial charge in [-0.25, -0.2) is 4.79 Å². The molecule has 7 heteroatoms. The van der Waals surface area contributed by atoms with Crippen LogP contribution in [0.2, 0.25) is 0 Å². The van der Waals surface area contributed by atoms with Crippen molar-refractivity contribution >= 4 is 33.6 Å². The van der Waals surface area contributed by atoms with E-state index < -0.39 is 0 Å². The van der Waals surface area contributed by atoms with Crippen LogP contribution in [0.3, 0.4) is 0 Å². The van der Waals surface area contributed by atoms with Gasteiger partial charge < -0.3 is 19.7 Å². The van der Waals surface area contributed by atoms with Crippen molar-refractivity contribution in [2.45, 2.75) is 40.3 Å². The van der Waals surface area contributed by atoms with E-state index in [1.54, 1.807) is 4.90 Å². The number of nitrogens with zero attached hydrogens (tertiary/aromatic N) is 3. The van der Waals surface area contributed by atoms with E-state index in [4.69, 9.17) is 0 Å². The average molecular weight is 463 g/mol. The number of halogens is 1. The number of hydrogen-bond donors (Lipinski definition) is 1. The lowest BCUT2D eigenvalue weighted by atomic mass is 10.2. The molecule has 1 N–H and O–H groups in total. The first-order valence-corrected chi connectivity index (χ1v) is 10.7. The molecule has 2 rings (SSSR count). The van der Waals surface area contributed by atoms with Crippen LogP contribution < -0.4 is 5.32 Å². The monoisotopic (exact) mass is 462 g/mol. The quantitative estimate of drug-likeness (QED) is 0.616. The Hall–Kier alpha value is -2.28. The van der Waals surface area contributed by atoms with E-state index >= 15 is 0 Å². The Labute approximate surface area is 182 Å². The van der Waals surface area contributed by atoms with E-state index in [1.165, 1.54) is 0 Å². The van der Waals surface area contributed by atoms with Crippen LogP contribution in [0.25, 0.3) is 0 Å². The Morgan fingerprint density at radius 2 is 1.79 bits per heavy atom. The molecule has 0 saturated heterocycles. The standard InChI is InChI=1S/C22H31BrN4O2/c1-16(2)13-26(14-18-9-8-12-25(18)5)21(28)15-27(17(3)4)22(29)24-20-11-7-6-10-19(20)23/h6-12,16-17H,13-15H2,1-5H3,(H,24,29). The molecule has 6 nitrogen and oxygen atoms in total. The summed E-state index contributed by atoms with van der Waals surface area (Å²) < 4.78 is 2.81. The van der Waals surface area contributed by atoms with Crippen LogP contribution >= 0.6 is 15.9 Å². The highest BCUT2D eigenvalue weighted by Gasteiger charge is 2.25. The second-order valence-electron chi connectivity index (χ2n) is 7.91. The Bertz CT molecular complexity index is 832. The lowest BCUT2D eigenvalue weighted by molar-refractivity contribution is -0.133. The van der Waals surface area contributed by atoms with E-state index in [0.29, 0.717) is 24.7 Å². The number of aromatic nitrogens is 1. The number of rotatable bonds is 8. The number of carbonyl (C=O) groups is 2.